The predicted molar refractivity (Wildman–Crippen MR) is 34.9 cm³/mol. The van der Waals surface area contributed by atoms with E-state index in [2.05, 4.69) is 16.0 Å². The van der Waals surface area contributed by atoms with Crippen molar-refractivity contribution >= 4 is 20.5 Å². The summed E-state index contributed by atoms with van der Waals surface area (Å²) in [6.07, 6.45) is 0. The van der Waals surface area contributed by atoms with Gasteiger partial charge in [-0.1, -0.05) is 0 Å². The van der Waals surface area contributed by atoms with Crippen LogP contribution < -0.4 is 4.46 Å². The maximum absolute atomic E-state index is 8.75. The summed E-state index contributed by atoms with van der Waals surface area (Å²) in [6.45, 7) is 0. The monoisotopic (exact) mass is 238 g/mol. The topological polar surface area (TPSA) is 20.2 Å². The van der Waals surface area contributed by atoms with Gasteiger partial charge in [-0.2, -0.15) is 0 Å². The van der Waals surface area contributed by atoms with Crippen LogP contribution in [0.15, 0.2) is 24.3 Å². The van der Waals surface area contributed by atoms with Crippen LogP contribution in [0, 0.1) is 0 Å². The Bertz CT molecular complexity index is 152. The van der Waals surface area contributed by atoms with E-state index in [0.29, 0.717) is 5.75 Å². The average Bonchev–Trinajstić information content (AvgIpc) is 1.77. The van der Waals surface area contributed by atoms with Crippen LogP contribution in [0.2, 0.25) is 0 Å². The van der Waals surface area contributed by atoms with E-state index in [-0.39, 0.29) is 19.5 Å². The molecule has 1 rings (SSSR count). The van der Waals surface area contributed by atoms with Crippen LogP contribution in [-0.4, -0.2) is 21.1 Å². The van der Waals surface area contributed by atoms with Crippen molar-refractivity contribution in [3.05, 3.63) is 24.3 Å². The zero-order valence-electron chi connectivity index (χ0n) is 4.91. The Morgan fingerprint density at radius 2 is 1.56 bits per heavy atom. The third-order valence-electron chi connectivity index (χ3n) is 0.850. The summed E-state index contributed by atoms with van der Waals surface area (Å²) in [7, 11) is 0. The molecular formula is C6H6OSeZn. The quantitative estimate of drug-likeness (QED) is 0.627. The Labute approximate surface area is 75.0 Å². The second-order valence-corrected chi connectivity index (χ2v) is 2.60. The third kappa shape index (κ3) is 3.00. The van der Waals surface area contributed by atoms with Gasteiger partial charge in [0.05, 0.1) is 0 Å². The molecule has 1 N–H and O–H groups in total. The molecule has 0 unspecified atom stereocenters. The first-order valence-corrected chi connectivity index (χ1v) is 3.21. The third-order valence-corrected chi connectivity index (χ3v) is 1.48. The molecule has 0 amide bonds. The smallest absolute Gasteiger partial charge is 0 e. The average molecular weight is 238 g/mol. The van der Waals surface area contributed by atoms with E-state index in [1.54, 1.807) is 12.1 Å². The van der Waals surface area contributed by atoms with E-state index in [1.807, 2.05) is 12.1 Å². The molecule has 0 fully saturated rings. The van der Waals surface area contributed by atoms with Gasteiger partial charge in [-0.3, -0.25) is 0 Å². The van der Waals surface area contributed by atoms with E-state index in [1.165, 1.54) is 0 Å². The molecule has 1 aromatic rings. The summed E-state index contributed by atoms with van der Waals surface area (Å²) in [4.78, 5) is 0. The zero-order valence-corrected chi connectivity index (χ0v) is 9.75. The Kier molecular flexibility index (Phi) is 4.13. The van der Waals surface area contributed by atoms with Crippen molar-refractivity contribution in [2.24, 2.45) is 0 Å². The van der Waals surface area contributed by atoms with E-state index >= 15 is 0 Å². The van der Waals surface area contributed by atoms with Gasteiger partial charge in [0.25, 0.3) is 0 Å². The molecule has 0 bridgehead atoms. The van der Waals surface area contributed by atoms with E-state index < -0.39 is 0 Å². The molecule has 0 heterocycles. The van der Waals surface area contributed by atoms with Gasteiger partial charge in [0.15, 0.2) is 0 Å². The summed E-state index contributed by atoms with van der Waals surface area (Å²) in [5.74, 6) is 0.319. The second-order valence-electron chi connectivity index (χ2n) is 1.52. The summed E-state index contributed by atoms with van der Waals surface area (Å²) in [5, 5.41) is 8.75. The number of hydrogen-bond donors (Lipinski definition) is 1. The number of phenolic OH excluding ortho intramolecular Hbond substituents is 1. The molecule has 0 aliphatic rings. The normalized spacial score (nSPS) is 8.11. The SMILES string of the molecule is Oc1ccc([SeH])cc1.[Zn]. The number of hydrogen-bond acceptors (Lipinski definition) is 1. The van der Waals surface area contributed by atoms with Crippen LogP contribution in [0.1, 0.15) is 0 Å². The van der Waals surface area contributed by atoms with Crippen LogP contribution in [-0.2, 0) is 19.5 Å². The Balaban J connectivity index is 0.000000640. The summed E-state index contributed by atoms with van der Waals surface area (Å²) >= 11 is 2.40. The number of phenols is 1. The van der Waals surface area contributed by atoms with Crippen molar-refractivity contribution in [3.63, 3.8) is 0 Å². The molecule has 0 aromatic heterocycles. The van der Waals surface area contributed by atoms with Crippen LogP contribution >= 0.6 is 0 Å². The Morgan fingerprint density at radius 1 is 1.11 bits per heavy atom. The Morgan fingerprint density at radius 3 is 1.89 bits per heavy atom. The van der Waals surface area contributed by atoms with Crippen LogP contribution in [0.5, 0.6) is 5.75 Å². The molecule has 0 saturated heterocycles. The van der Waals surface area contributed by atoms with Crippen molar-refractivity contribution in [3.8, 4) is 5.75 Å². The van der Waals surface area contributed by atoms with Crippen LogP contribution in [0.3, 0.4) is 0 Å². The maximum atomic E-state index is 8.75. The predicted octanol–water partition coefficient (Wildman–Crippen LogP) is -0.0842. The van der Waals surface area contributed by atoms with Gasteiger partial charge < -0.3 is 0 Å². The molecule has 1 nitrogen and oxygen atoms in total. The summed E-state index contributed by atoms with van der Waals surface area (Å²) < 4.78 is 1.11. The number of rotatable bonds is 0. The molecule has 1 aromatic carbocycles. The van der Waals surface area contributed by atoms with Crippen LogP contribution in [0.4, 0.5) is 0 Å². The molecule has 0 atom stereocenters. The molecule has 0 saturated carbocycles. The molecule has 44 valence electrons. The summed E-state index contributed by atoms with van der Waals surface area (Å²) in [6, 6.07) is 7.01. The minimum absolute atomic E-state index is 0. The van der Waals surface area contributed by atoms with Crippen molar-refractivity contribution in [1.29, 1.82) is 0 Å². The molecule has 0 aliphatic heterocycles. The molecule has 0 aliphatic carbocycles. The zero-order chi connectivity index (χ0) is 5.98. The van der Waals surface area contributed by atoms with Crippen molar-refractivity contribution < 1.29 is 24.6 Å². The van der Waals surface area contributed by atoms with Crippen molar-refractivity contribution in [2.45, 2.75) is 0 Å². The maximum Gasteiger partial charge on any atom is 0 e. The number of aromatic hydroxyl groups is 1. The van der Waals surface area contributed by atoms with Gasteiger partial charge in [0, 0.05) is 19.5 Å². The van der Waals surface area contributed by atoms with Gasteiger partial charge in [-0.25, -0.2) is 0 Å². The fourth-order valence-corrected chi connectivity index (χ4v) is 0.765. The molecule has 0 radical (unpaired) electrons. The first-order valence-electron chi connectivity index (χ1n) is 2.27. The first kappa shape index (κ1) is 9.16. The van der Waals surface area contributed by atoms with Crippen molar-refractivity contribution in [1.82, 2.24) is 0 Å². The second kappa shape index (κ2) is 4.05. The Hall–Kier alpha value is 0.163. The largest absolute Gasteiger partial charge is 0 e. The van der Waals surface area contributed by atoms with Crippen LogP contribution in [0.25, 0.3) is 0 Å². The standard InChI is InChI=1S/C6H6OSe.Zn/c7-5-1-3-6(8)4-2-5;/h1-4,7-8H;. The van der Waals surface area contributed by atoms with E-state index in [0.717, 1.165) is 4.46 Å². The number of benzene rings is 1. The fraction of sp³-hybridized carbons (Fsp3) is 0. The molecule has 9 heavy (non-hydrogen) atoms. The first-order chi connectivity index (χ1) is 3.79. The van der Waals surface area contributed by atoms with Gasteiger partial charge >= 0.3 is 55.6 Å². The van der Waals surface area contributed by atoms with Gasteiger partial charge in [-0.15, -0.1) is 0 Å². The van der Waals surface area contributed by atoms with Gasteiger partial charge in [0.2, 0.25) is 0 Å². The summed E-state index contributed by atoms with van der Waals surface area (Å²) in [5.41, 5.74) is 0. The molecular weight excluding hydrogens is 232 g/mol. The van der Waals surface area contributed by atoms with E-state index in [4.69, 9.17) is 5.11 Å². The van der Waals surface area contributed by atoms with Gasteiger partial charge in [0.1, 0.15) is 0 Å². The van der Waals surface area contributed by atoms with Crippen molar-refractivity contribution in [2.75, 3.05) is 0 Å². The fourth-order valence-electron chi connectivity index (χ4n) is 0.453. The minimum Gasteiger partial charge on any atom is 0 e. The minimum atomic E-state index is 0. The van der Waals surface area contributed by atoms with E-state index in [9.17, 15) is 0 Å². The molecule has 3 heteroatoms. The van der Waals surface area contributed by atoms with Gasteiger partial charge in [-0.05, 0) is 0 Å². The molecule has 0 spiro atoms.